The zero-order chi connectivity index (χ0) is 12.8. The third kappa shape index (κ3) is 4.40. The van der Waals surface area contributed by atoms with Crippen molar-refractivity contribution in [3.05, 3.63) is 11.6 Å². The largest absolute Gasteiger partial charge is 0.319 e. The molecular weight excluding hydrogens is 220 g/mol. The number of nitrogens with one attached hydrogen (secondary N) is 2. The summed E-state index contributed by atoms with van der Waals surface area (Å²) in [5.41, 5.74) is 1.60. The van der Waals surface area contributed by atoms with Crippen LogP contribution in [0, 0.1) is 11.8 Å². The highest BCUT2D eigenvalue weighted by Gasteiger charge is 2.21. The molecule has 0 aliphatic heterocycles. The normalized spacial score (nSPS) is 33.2. The molecule has 2 nitrogen and oxygen atoms in total. The van der Waals surface area contributed by atoms with Gasteiger partial charge in [-0.05, 0) is 83.8 Å². The molecule has 0 amide bonds. The van der Waals surface area contributed by atoms with Crippen LogP contribution in [0.15, 0.2) is 11.6 Å². The summed E-state index contributed by atoms with van der Waals surface area (Å²) in [4.78, 5) is 0. The van der Waals surface area contributed by atoms with Gasteiger partial charge in [0, 0.05) is 6.04 Å². The van der Waals surface area contributed by atoms with Crippen LogP contribution < -0.4 is 10.6 Å². The predicted molar refractivity (Wildman–Crippen MR) is 78.8 cm³/mol. The summed E-state index contributed by atoms with van der Waals surface area (Å²) < 4.78 is 0. The zero-order valence-electron chi connectivity index (χ0n) is 12.2. The first kappa shape index (κ1) is 14.1. The summed E-state index contributed by atoms with van der Waals surface area (Å²) in [6, 6.07) is 0.796. The molecule has 0 aromatic rings. The minimum Gasteiger partial charge on any atom is -0.319 e. The highest BCUT2D eigenvalue weighted by molar-refractivity contribution is 5.03. The topological polar surface area (TPSA) is 24.1 Å². The van der Waals surface area contributed by atoms with Crippen molar-refractivity contribution in [3.8, 4) is 0 Å². The maximum Gasteiger partial charge on any atom is 0.00674 e. The van der Waals surface area contributed by atoms with E-state index in [0.717, 1.165) is 17.9 Å². The third-order valence-corrected chi connectivity index (χ3v) is 4.78. The van der Waals surface area contributed by atoms with Crippen LogP contribution in [0.2, 0.25) is 0 Å². The van der Waals surface area contributed by atoms with Gasteiger partial charge in [0.1, 0.15) is 0 Å². The van der Waals surface area contributed by atoms with E-state index in [1.807, 2.05) is 0 Å². The summed E-state index contributed by atoms with van der Waals surface area (Å²) in [6.07, 6.45) is 12.0. The van der Waals surface area contributed by atoms with Gasteiger partial charge in [0.2, 0.25) is 0 Å². The minimum absolute atomic E-state index is 0.796. The number of hydrogen-bond donors (Lipinski definition) is 2. The molecule has 2 aliphatic carbocycles. The van der Waals surface area contributed by atoms with Gasteiger partial charge in [-0.1, -0.05) is 11.6 Å². The SMILES string of the molecule is CNCC1CCC(NCC2CC=C(C)CC2)CC1. The van der Waals surface area contributed by atoms with Crippen molar-refractivity contribution in [2.75, 3.05) is 20.1 Å². The smallest absolute Gasteiger partial charge is 0.00674 e. The molecular formula is C16H30N2. The fourth-order valence-corrected chi connectivity index (χ4v) is 3.40. The van der Waals surface area contributed by atoms with Gasteiger partial charge in [-0.2, -0.15) is 0 Å². The Morgan fingerprint density at radius 1 is 1.06 bits per heavy atom. The van der Waals surface area contributed by atoms with E-state index in [0.29, 0.717) is 0 Å². The molecule has 2 rings (SSSR count). The molecule has 1 atom stereocenters. The summed E-state index contributed by atoms with van der Waals surface area (Å²) in [6.45, 7) is 4.72. The van der Waals surface area contributed by atoms with Crippen LogP contribution in [0.1, 0.15) is 51.9 Å². The molecule has 2 N–H and O–H groups in total. The molecule has 0 heterocycles. The van der Waals surface area contributed by atoms with Crippen molar-refractivity contribution < 1.29 is 0 Å². The summed E-state index contributed by atoms with van der Waals surface area (Å²) in [5, 5.41) is 7.13. The second kappa shape index (κ2) is 7.30. The summed E-state index contributed by atoms with van der Waals surface area (Å²) in [5.74, 6) is 1.82. The molecule has 1 unspecified atom stereocenters. The van der Waals surface area contributed by atoms with Crippen LogP contribution in [0.25, 0.3) is 0 Å². The minimum atomic E-state index is 0.796. The van der Waals surface area contributed by atoms with Crippen LogP contribution in [0.3, 0.4) is 0 Å². The first-order valence-electron chi connectivity index (χ1n) is 7.81. The Kier molecular flexibility index (Phi) is 5.71. The molecule has 0 saturated heterocycles. The van der Waals surface area contributed by atoms with Gasteiger partial charge in [0.15, 0.2) is 0 Å². The molecule has 18 heavy (non-hydrogen) atoms. The van der Waals surface area contributed by atoms with E-state index < -0.39 is 0 Å². The standard InChI is InChI=1S/C16H30N2/c1-13-3-5-15(6-4-13)12-18-16-9-7-14(8-10-16)11-17-2/h3,14-18H,4-12H2,1-2H3. The monoisotopic (exact) mass is 250 g/mol. The van der Waals surface area contributed by atoms with Crippen molar-refractivity contribution in [1.29, 1.82) is 0 Å². The first-order chi connectivity index (χ1) is 8.78. The highest BCUT2D eigenvalue weighted by atomic mass is 14.9. The first-order valence-corrected chi connectivity index (χ1v) is 7.81. The molecule has 2 heteroatoms. The highest BCUT2D eigenvalue weighted by Crippen LogP contribution is 2.25. The Morgan fingerprint density at radius 3 is 2.44 bits per heavy atom. The van der Waals surface area contributed by atoms with Gasteiger partial charge in [0.25, 0.3) is 0 Å². The Hall–Kier alpha value is -0.340. The average molecular weight is 250 g/mol. The quantitative estimate of drug-likeness (QED) is 0.733. The van der Waals surface area contributed by atoms with Crippen LogP contribution in [0.5, 0.6) is 0 Å². The predicted octanol–water partition coefficient (Wildman–Crippen LogP) is 3.10. The van der Waals surface area contributed by atoms with Crippen LogP contribution in [-0.2, 0) is 0 Å². The lowest BCUT2D eigenvalue weighted by atomic mass is 9.85. The fraction of sp³-hybridized carbons (Fsp3) is 0.875. The molecule has 104 valence electrons. The van der Waals surface area contributed by atoms with Crippen LogP contribution in [-0.4, -0.2) is 26.2 Å². The van der Waals surface area contributed by atoms with Crippen molar-refractivity contribution in [2.24, 2.45) is 11.8 Å². The van der Waals surface area contributed by atoms with Crippen molar-refractivity contribution in [3.63, 3.8) is 0 Å². The average Bonchev–Trinajstić information content (AvgIpc) is 2.40. The second-order valence-corrected chi connectivity index (χ2v) is 6.37. The number of rotatable bonds is 5. The van der Waals surface area contributed by atoms with E-state index in [9.17, 15) is 0 Å². The molecule has 1 saturated carbocycles. The van der Waals surface area contributed by atoms with Gasteiger partial charge < -0.3 is 10.6 Å². The van der Waals surface area contributed by atoms with Gasteiger partial charge in [0.05, 0.1) is 0 Å². The molecule has 0 aromatic carbocycles. The number of hydrogen-bond acceptors (Lipinski definition) is 2. The van der Waals surface area contributed by atoms with E-state index >= 15 is 0 Å². The molecule has 0 bridgehead atoms. The third-order valence-electron chi connectivity index (χ3n) is 4.78. The molecule has 0 aromatic heterocycles. The fourth-order valence-electron chi connectivity index (χ4n) is 3.40. The van der Waals surface area contributed by atoms with Gasteiger partial charge >= 0.3 is 0 Å². The molecule has 1 fully saturated rings. The van der Waals surface area contributed by atoms with Crippen LogP contribution in [0.4, 0.5) is 0 Å². The van der Waals surface area contributed by atoms with Gasteiger partial charge in [-0.25, -0.2) is 0 Å². The lowest BCUT2D eigenvalue weighted by Crippen LogP contribution is -2.38. The van der Waals surface area contributed by atoms with E-state index in [2.05, 4.69) is 30.7 Å². The molecule has 2 aliphatic rings. The van der Waals surface area contributed by atoms with Crippen LogP contribution >= 0.6 is 0 Å². The van der Waals surface area contributed by atoms with E-state index in [1.165, 1.54) is 58.0 Å². The summed E-state index contributed by atoms with van der Waals surface area (Å²) >= 11 is 0. The van der Waals surface area contributed by atoms with Crippen molar-refractivity contribution >= 4 is 0 Å². The Morgan fingerprint density at radius 2 is 1.83 bits per heavy atom. The Balaban J connectivity index is 1.61. The van der Waals surface area contributed by atoms with E-state index in [-0.39, 0.29) is 0 Å². The second-order valence-electron chi connectivity index (χ2n) is 6.37. The maximum absolute atomic E-state index is 3.82. The van der Waals surface area contributed by atoms with E-state index in [1.54, 1.807) is 5.57 Å². The van der Waals surface area contributed by atoms with Gasteiger partial charge in [-0.3, -0.25) is 0 Å². The maximum atomic E-state index is 3.82. The zero-order valence-corrected chi connectivity index (χ0v) is 12.2. The number of allylic oxidation sites excluding steroid dienone is 2. The van der Waals surface area contributed by atoms with E-state index in [4.69, 9.17) is 0 Å². The van der Waals surface area contributed by atoms with Crippen molar-refractivity contribution in [2.45, 2.75) is 57.9 Å². The van der Waals surface area contributed by atoms with Crippen molar-refractivity contribution in [1.82, 2.24) is 10.6 Å². The summed E-state index contributed by atoms with van der Waals surface area (Å²) in [7, 11) is 2.07. The Bertz CT molecular complexity index is 264. The molecule has 0 radical (unpaired) electrons. The molecule has 0 spiro atoms. The van der Waals surface area contributed by atoms with Gasteiger partial charge in [-0.15, -0.1) is 0 Å². The lowest BCUT2D eigenvalue weighted by molar-refractivity contribution is 0.274. The lowest BCUT2D eigenvalue weighted by Gasteiger charge is -2.31. The Labute approximate surface area is 113 Å².